The van der Waals surface area contributed by atoms with E-state index in [1.54, 1.807) is 0 Å². The second kappa shape index (κ2) is 9.07. The van der Waals surface area contributed by atoms with Crippen molar-refractivity contribution in [3.63, 3.8) is 0 Å². The Labute approximate surface area is 185 Å². The van der Waals surface area contributed by atoms with Gasteiger partial charge in [0, 0.05) is 12.2 Å². The Hall–Kier alpha value is -1.56. The Morgan fingerprint density at radius 3 is 1.07 bits per heavy atom. The minimum absolute atomic E-state index is 0.875. The van der Waals surface area contributed by atoms with Crippen LogP contribution in [0.1, 0.15) is 0 Å². The van der Waals surface area contributed by atoms with Gasteiger partial charge in [0.05, 0.1) is 10.6 Å². The molecule has 0 aliphatic heterocycles. The van der Waals surface area contributed by atoms with Crippen LogP contribution in [0.25, 0.3) is 0 Å². The van der Waals surface area contributed by atoms with E-state index in [2.05, 4.69) is 121 Å². The van der Waals surface area contributed by atoms with Crippen LogP contribution in [0.5, 0.6) is 0 Å². The molecule has 0 aliphatic rings. The maximum absolute atomic E-state index is 6.57. The average molecular weight is 450 g/mol. The van der Waals surface area contributed by atoms with E-state index in [9.17, 15) is 0 Å². The van der Waals surface area contributed by atoms with Gasteiger partial charge in [-0.05, 0) is 55.0 Å². The van der Waals surface area contributed by atoms with Gasteiger partial charge in [-0.2, -0.15) is 0 Å². The first-order chi connectivity index (χ1) is 14.1. The summed E-state index contributed by atoms with van der Waals surface area (Å²) in [5, 5.41) is 5.09. The van der Waals surface area contributed by atoms with Crippen molar-refractivity contribution in [3.8, 4) is 0 Å². The van der Waals surface area contributed by atoms with Crippen molar-refractivity contribution in [1.82, 2.24) is 0 Å². The fraction of sp³-hybridized carbons (Fsp3) is 0.0400. The van der Waals surface area contributed by atoms with E-state index in [0.717, 1.165) is 5.90 Å². The summed E-state index contributed by atoms with van der Waals surface area (Å²) in [6.07, 6.45) is 0. The Morgan fingerprint density at radius 2 is 0.759 bits per heavy atom. The van der Waals surface area contributed by atoms with Gasteiger partial charge < -0.3 is 12.2 Å². The van der Waals surface area contributed by atoms with Crippen LogP contribution in [-0.4, -0.2) is 5.90 Å². The molecule has 0 aromatic heterocycles. The summed E-state index contributed by atoms with van der Waals surface area (Å²) < 4.78 is 0. The molecule has 0 unspecified atom stereocenters. The van der Waals surface area contributed by atoms with E-state index in [4.69, 9.17) is 24.5 Å². The highest BCUT2D eigenvalue weighted by molar-refractivity contribution is 8.63. The molecule has 0 amide bonds. The first kappa shape index (κ1) is 20.7. The zero-order valence-electron chi connectivity index (χ0n) is 16.0. The van der Waals surface area contributed by atoms with Crippen LogP contribution < -0.4 is 21.2 Å². The zero-order chi connectivity index (χ0) is 20.2. The van der Waals surface area contributed by atoms with Gasteiger partial charge in [0.15, 0.2) is 12.4 Å². The molecule has 0 aliphatic carbocycles. The molecule has 0 nitrogen and oxygen atoms in total. The Balaban J connectivity index is 1.91. The minimum Gasteiger partial charge on any atom is -0.542 e. The maximum Gasteiger partial charge on any atom is 0.171 e. The summed E-state index contributed by atoms with van der Waals surface area (Å²) >= 11 is 12.0. The fourth-order valence-electron chi connectivity index (χ4n) is 3.60. The highest BCUT2D eigenvalue weighted by atomic mass is 32.7. The number of thiol groups is 1. The highest BCUT2D eigenvalue weighted by Crippen LogP contribution is 2.73. The second-order valence-corrected chi connectivity index (χ2v) is 17.1. The van der Waals surface area contributed by atoms with E-state index >= 15 is 0 Å². The van der Waals surface area contributed by atoms with Gasteiger partial charge in [0.25, 0.3) is 0 Å². The molecule has 4 rings (SSSR count). The summed E-state index contributed by atoms with van der Waals surface area (Å²) in [5.74, 6) is 0.875. The first-order valence-electron chi connectivity index (χ1n) is 9.55. The van der Waals surface area contributed by atoms with Gasteiger partial charge in [0.2, 0.25) is 0 Å². The molecule has 0 spiro atoms. The van der Waals surface area contributed by atoms with E-state index in [0.29, 0.717) is 0 Å². The number of hydrogen-bond donors (Lipinski definition) is 1. The minimum atomic E-state index is -2.07. The third kappa shape index (κ3) is 4.32. The van der Waals surface area contributed by atoms with Gasteiger partial charge in [0.1, 0.15) is 10.6 Å². The van der Waals surface area contributed by atoms with E-state index in [1.165, 1.54) is 21.2 Å². The number of rotatable bonds is 6. The summed E-state index contributed by atoms with van der Waals surface area (Å²) in [4.78, 5) is 0. The molecule has 144 valence electrons. The van der Waals surface area contributed by atoms with E-state index in [-0.39, 0.29) is 0 Å². The normalized spacial score (nSPS) is 11.9. The van der Waals surface area contributed by atoms with Crippen LogP contribution in [0.4, 0.5) is 0 Å². The predicted octanol–water partition coefficient (Wildman–Crippen LogP) is 5.59. The first-order valence-corrected chi connectivity index (χ1v) is 15.7. The second-order valence-electron chi connectivity index (χ2n) is 6.99. The summed E-state index contributed by atoms with van der Waals surface area (Å²) in [5.41, 5.74) is 0. The Kier molecular flexibility index (Phi) is 6.47. The molecular weight excluding hydrogens is 426 g/mol. The van der Waals surface area contributed by atoms with Crippen LogP contribution >= 0.6 is 25.2 Å². The Morgan fingerprint density at radius 1 is 0.483 bits per heavy atom. The van der Waals surface area contributed by atoms with Gasteiger partial charge in [-0.15, -0.1) is 0 Å². The lowest BCUT2D eigenvalue weighted by Crippen LogP contribution is -2.29. The molecule has 0 radical (unpaired) electrons. The summed E-state index contributed by atoms with van der Waals surface area (Å²) in [6.45, 7) is -4.06. The van der Waals surface area contributed by atoms with Crippen LogP contribution in [0.2, 0.25) is 0 Å². The van der Waals surface area contributed by atoms with Gasteiger partial charge in [-0.3, -0.25) is 0 Å². The standard InChI is InChI=1S/C25H23P2S2/c28-26(22-13-5-1-6-14-22,23-15-7-2-8-16-23)21-27(29,24-17-9-3-10-18-24)25-19-11-4-12-20-25/h1-20,28H,21H2/q+1. The van der Waals surface area contributed by atoms with Crippen molar-refractivity contribution >= 4 is 58.6 Å². The molecular formula is C25H23P2S2+. The van der Waals surface area contributed by atoms with Crippen molar-refractivity contribution in [1.29, 1.82) is 0 Å². The SMILES string of the molecule is [S-][P+](C[P+](S)(c1ccccc1)c1ccccc1)(c1ccccc1)c1ccccc1. The zero-order valence-corrected chi connectivity index (χ0v) is 19.5. The third-order valence-electron chi connectivity index (χ3n) is 5.12. The average Bonchev–Trinajstić information content (AvgIpc) is 2.81. The predicted molar refractivity (Wildman–Crippen MR) is 139 cm³/mol. The lowest BCUT2D eigenvalue weighted by Gasteiger charge is -2.35. The summed E-state index contributed by atoms with van der Waals surface area (Å²) in [7, 11) is 0. The molecule has 4 aromatic rings. The van der Waals surface area contributed by atoms with Crippen molar-refractivity contribution < 1.29 is 0 Å². The van der Waals surface area contributed by atoms with E-state index < -0.39 is 12.9 Å². The van der Waals surface area contributed by atoms with Crippen molar-refractivity contribution in [2.24, 2.45) is 0 Å². The topological polar surface area (TPSA) is 0 Å². The molecule has 0 atom stereocenters. The van der Waals surface area contributed by atoms with Crippen molar-refractivity contribution in [2.45, 2.75) is 0 Å². The molecule has 0 fully saturated rings. The van der Waals surface area contributed by atoms with Gasteiger partial charge in [-0.1, -0.05) is 72.8 Å². The van der Waals surface area contributed by atoms with Gasteiger partial charge >= 0.3 is 0 Å². The molecule has 0 bridgehead atoms. The highest BCUT2D eigenvalue weighted by Gasteiger charge is 2.49. The van der Waals surface area contributed by atoms with E-state index in [1.807, 2.05) is 0 Å². The van der Waals surface area contributed by atoms with Crippen molar-refractivity contribution in [2.75, 3.05) is 5.90 Å². The van der Waals surface area contributed by atoms with Crippen LogP contribution in [0.3, 0.4) is 0 Å². The molecule has 29 heavy (non-hydrogen) atoms. The van der Waals surface area contributed by atoms with Gasteiger partial charge in [-0.25, -0.2) is 0 Å². The quantitative estimate of drug-likeness (QED) is 0.228. The lowest BCUT2D eigenvalue weighted by atomic mass is 10.4. The number of hydrogen-bond acceptors (Lipinski definition) is 2. The Bertz CT molecular complexity index is 873. The fourth-order valence-corrected chi connectivity index (χ4v) is 17.3. The maximum atomic E-state index is 6.57. The summed E-state index contributed by atoms with van der Waals surface area (Å²) in [6, 6.07) is 42.7. The number of benzene rings is 4. The molecule has 0 saturated carbocycles. The molecule has 0 N–H and O–H groups in total. The molecule has 0 heterocycles. The van der Waals surface area contributed by atoms with Crippen molar-refractivity contribution in [3.05, 3.63) is 121 Å². The molecule has 0 saturated heterocycles. The molecule has 4 heteroatoms. The smallest absolute Gasteiger partial charge is 0.171 e. The lowest BCUT2D eigenvalue weighted by molar-refractivity contribution is 1.72. The van der Waals surface area contributed by atoms with Crippen LogP contribution in [0, 0.1) is 0 Å². The largest absolute Gasteiger partial charge is 0.542 e. The molecule has 4 aromatic carbocycles. The van der Waals surface area contributed by atoms with Crippen LogP contribution in [-0.2, 0) is 12.2 Å². The third-order valence-corrected chi connectivity index (χ3v) is 17.7. The van der Waals surface area contributed by atoms with Crippen LogP contribution in [0.15, 0.2) is 121 Å². The monoisotopic (exact) mass is 449 g/mol.